The lowest BCUT2D eigenvalue weighted by Gasteiger charge is -2.23. The topological polar surface area (TPSA) is 72.5 Å². The molecule has 1 saturated heterocycles. The van der Waals surface area contributed by atoms with E-state index in [1.165, 1.54) is 7.11 Å². The average Bonchev–Trinajstić information content (AvgIpc) is 2.61. The first kappa shape index (κ1) is 18.1. The highest BCUT2D eigenvalue weighted by Gasteiger charge is 2.21. The van der Waals surface area contributed by atoms with Crippen molar-refractivity contribution in [2.45, 2.75) is 18.9 Å². The van der Waals surface area contributed by atoms with E-state index in [2.05, 4.69) is 15.6 Å². The normalized spacial score (nSPS) is 14.7. The van der Waals surface area contributed by atoms with Gasteiger partial charge in [-0.3, -0.25) is 4.79 Å². The molecule has 1 aliphatic heterocycles. The molecule has 26 heavy (non-hydrogen) atoms. The van der Waals surface area contributed by atoms with Gasteiger partial charge < -0.3 is 20.1 Å². The average molecular weight is 363 g/mol. The van der Waals surface area contributed by atoms with Gasteiger partial charge >= 0.3 is 0 Å². The lowest BCUT2D eigenvalue weighted by atomic mass is 10.1. The van der Waals surface area contributed by atoms with Gasteiger partial charge in [-0.15, -0.1) is 0 Å². The van der Waals surface area contributed by atoms with Crippen LogP contribution in [0.4, 0.5) is 20.3 Å². The number of anilines is 2. The molecule has 1 aromatic carbocycles. The van der Waals surface area contributed by atoms with Gasteiger partial charge in [0.15, 0.2) is 5.69 Å². The van der Waals surface area contributed by atoms with Crippen molar-refractivity contribution in [3.8, 4) is 5.75 Å². The summed E-state index contributed by atoms with van der Waals surface area (Å²) in [6.45, 7) is 1.20. The number of amides is 1. The summed E-state index contributed by atoms with van der Waals surface area (Å²) in [5.41, 5.74) is 0.289. The zero-order valence-electron chi connectivity index (χ0n) is 14.2. The van der Waals surface area contributed by atoms with Gasteiger partial charge in [-0.05, 0) is 37.1 Å². The van der Waals surface area contributed by atoms with Crippen LogP contribution in [-0.4, -0.2) is 37.3 Å². The van der Waals surface area contributed by atoms with Crippen molar-refractivity contribution in [2.75, 3.05) is 25.6 Å². The molecule has 0 saturated carbocycles. The minimum absolute atomic E-state index is 0.0108. The standard InChI is InChI=1S/C18H19F2N3O3/c1-25-15-2-3-16(21-14-9-11(19)8-12(20)10-14)23-17(15)18(24)22-13-4-6-26-7-5-13/h2-3,8-10,13H,4-7H2,1H3,(H,21,23)(H,22,24). The first-order valence-electron chi connectivity index (χ1n) is 8.22. The van der Waals surface area contributed by atoms with Crippen LogP contribution < -0.4 is 15.4 Å². The van der Waals surface area contributed by atoms with Gasteiger partial charge in [0.25, 0.3) is 5.91 Å². The number of hydrogen-bond donors (Lipinski definition) is 2. The number of carbonyl (C=O) groups excluding carboxylic acids is 1. The summed E-state index contributed by atoms with van der Waals surface area (Å²) in [5.74, 6) is -1.21. The van der Waals surface area contributed by atoms with Gasteiger partial charge in [0.05, 0.1) is 7.11 Å². The molecule has 8 heteroatoms. The van der Waals surface area contributed by atoms with Crippen molar-refractivity contribution < 1.29 is 23.0 Å². The van der Waals surface area contributed by atoms with Crippen LogP contribution in [-0.2, 0) is 4.74 Å². The Kier molecular flexibility index (Phi) is 5.62. The Morgan fingerprint density at radius 1 is 1.19 bits per heavy atom. The molecule has 0 radical (unpaired) electrons. The predicted molar refractivity (Wildman–Crippen MR) is 91.7 cm³/mol. The van der Waals surface area contributed by atoms with Crippen LogP contribution in [0.1, 0.15) is 23.3 Å². The van der Waals surface area contributed by atoms with E-state index in [1.54, 1.807) is 12.1 Å². The van der Waals surface area contributed by atoms with Crippen molar-refractivity contribution in [1.82, 2.24) is 10.3 Å². The number of benzene rings is 1. The number of aromatic nitrogens is 1. The summed E-state index contributed by atoms with van der Waals surface area (Å²) in [5, 5.41) is 5.70. The Morgan fingerprint density at radius 3 is 2.54 bits per heavy atom. The second-order valence-electron chi connectivity index (χ2n) is 5.89. The van der Waals surface area contributed by atoms with E-state index >= 15 is 0 Å². The van der Waals surface area contributed by atoms with Crippen LogP contribution >= 0.6 is 0 Å². The maximum atomic E-state index is 13.3. The van der Waals surface area contributed by atoms with E-state index in [0.717, 1.165) is 31.0 Å². The number of pyridine rings is 1. The van der Waals surface area contributed by atoms with E-state index in [4.69, 9.17) is 9.47 Å². The molecule has 3 rings (SSSR count). The fourth-order valence-corrected chi connectivity index (χ4v) is 2.71. The zero-order valence-corrected chi connectivity index (χ0v) is 14.2. The zero-order chi connectivity index (χ0) is 18.5. The second kappa shape index (κ2) is 8.09. The number of nitrogens with zero attached hydrogens (tertiary/aromatic N) is 1. The molecule has 2 N–H and O–H groups in total. The monoisotopic (exact) mass is 363 g/mol. The predicted octanol–water partition coefficient (Wildman–Crippen LogP) is 3.02. The number of halogens is 2. The van der Waals surface area contributed by atoms with Gasteiger partial charge in [-0.2, -0.15) is 0 Å². The summed E-state index contributed by atoms with van der Waals surface area (Å²) >= 11 is 0. The van der Waals surface area contributed by atoms with Gasteiger partial charge in [0.1, 0.15) is 23.2 Å². The molecule has 0 atom stereocenters. The van der Waals surface area contributed by atoms with Crippen LogP contribution in [0, 0.1) is 11.6 Å². The van der Waals surface area contributed by atoms with Crippen molar-refractivity contribution >= 4 is 17.4 Å². The highest BCUT2D eigenvalue weighted by atomic mass is 19.1. The molecular weight excluding hydrogens is 344 g/mol. The number of ether oxygens (including phenoxy) is 2. The van der Waals surface area contributed by atoms with Gasteiger partial charge in [-0.25, -0.2) is 13.8 Å². The van der Waals surface area contributed by atoms with Gasteiger partial charge in [0.2, 0.25) is 0 Å². The number of rotatable bonds is 5. The maximum Gasteiger partial charge on any atom is 0.274 e. The molecule has 0 aliphatic carbocycles. The molecule has 0 unspecified atom stereocenters. The minimum atomic E-state index is -0.710. The fraction of sp³-hybridized carbons (Fsp3) is 0.333. The Morgan fingerprint density at radius 2 is 1.88 bits per heavy atom. The number of carbonyl (C=O) groups is 1. The largest absolute Gasteiger partial charge is 0.494 e. The lowest BCUT2D eigenvalue weighted by molar-refractivity contribution is 0.0693. The summed E-state index contributed by atoms with van der Waals surface area (Å²) < 4.78 is 37.1. The molecular formula is C18H19F2N3O3. The van der Waals surface area contributed by atoms with Crippen molar-refractivity contribution in [3.63, 3.8) is 0 Å². The Bertz CT molecular complexity index is 775. The summed E-state index contributed by atoms with van der Waals surface area (Å²) in [4.78, 5) is 16.8. The summed E-state index contributed by atoms with van der Waals surface area (Å²) in [6.07, 6.45) is 1.46. The van der Waals surface area contributed by atoms with E-state index in [1.807, 2.05) is 0 Å². The molecule has 2 aromatic rings. The lowest BCUT2D eigenvalue weighted by Crippen LogP contribution is -2.39. The van der Waals surface area contributed by atoms with Crippen molar-refractivity contribution in [2.24, 2.45) is 0 Å². The third-order valence-corrected chi connectivity index (χ3v) is 3.98. The molecule has 2 heterocycles. The Labute approximate surface area is 149 Å². The first-order chi connectivity index (χ1) is 12.5. The number of hydrogen-bond acceptors (Lipinski definition) is 5. The molecule has 1 amide bonds. The third-order valence-electron chi connectivity index (χ3n) is 3.98. The van der Waals surface area contributed by atoms with Crippen LogP contribution in [0.2, 0.25) is 0 Å². The minimum Gasteiger partial charge on any atom is -0.494 e. The van der Waals surface area contributed by atoms with Gasteiger partial charge in [-0.1, -0.05) is 0 Å². The molecule has 1 aliphatic rings. The molecule has 0 bridgehead atoms. The van der Waals surface area contributed by atoms with Crippen molar-refractivity contribution in [1.29, 1.82) is 0 Å². The molecule has 1 aromatic heterocycles. The number of nitrogens with one attached hydrogen (secondary N) is 2. The summed E-state index contributed by atoms with van der Waals surface area (Å²) in [7, 11) is 1.44. The molecule has 0 spiro atoms. The van der Waals surface area contributed by atoms with Crippen LogP contribution in [0.3, 0.4) is 0 Å². The van der Waals surface area contributed by atoms with E-state index in [0.29, 0.717) is 19.0 Å². The number of methoxy groups -OCH3 is 1. The van der Waals surface area contributed by atoms with Crippen molar-refractivity contribution in [3.05, 3.63) is 47.7 Å². The van der Waals surface area contributed by atoms with E-state index in [-0.39, 0.29) is 29.1 Å². The van der Waals surface area contributed by atoms with Crippen LogP contribution in [0.15, 0.2) is 30.3 Å². The smallest absolute Gasteiger partial charge is 0.274 e. The molecule has 1 fully saturated rings. The Hall–Kier alpha value is -2.74. The SMILES string of the molecule is COc1ccc(Nc2cc(F)cc(F)c2)nc1C(=O)NC1CCOCC1. The van der Waals surface area contributed by atoms with E-state index in [9.17, 15) is 13.6 Å². The highest BCUT2D eigenvalue weighted by Crippen LogP contribution is 2.23. The Balaban J connectivity index is 1.80. The van der Waals surface area contributed by atoms with Crippen LogP contribution in [0.25, 0.3) is 0 Å². The second-order valence-corrected chi connectivity index (χ2v) is 5.89. The summed E-state index contributed by atoms with van der Waals surface area (Å²) in [6, 6.07) is 6.20. The van der Waals surface area contributed by atoms with Gasteiger partial charge in [0, 0.05) is 31.0 Å². The van der Waals surface area contributed by atoms with E-state index < -0.39 is 11.6 Å². The molecule has 138 valence electrons. The third kappa shape index (κ3) is 4.45. The first-order valence-corrected chi connectivity index (χ1v) is 8.22. The quantitative estimate of drug-likeness (QED) is 0.854. The highest BCUT2D eigenvalue weighted by molar-refractivity contribution is 5.95. The van der Waals surface area contributed by atoms with Crippen LogP contribution in [0.5, 0.6) is 5.75 Å². The molecule has 6 nitrogen and oxygen atoms in total. The fourth-order valence-electron chi connectivity index (χ4n) is 2.71. The maximum absolute atomic E-state index is 13.3.